The normalized spacial score (nSPS) is 18.9. The zero-order valence-electron chi connectivity index (χ0n) is 24.7. The first-order chi connectivity index (χ1) is 20.2. The van der Waals surface area contributed by atoms with Crippen LogP contribution in [0.2, 0.25) is 0 Å². The van der Waals surface area contributed by atoms with Crippen molar-refractivity contribution < 1.29 is 23.8 Å². The van der Waals surface area contributed by atoms with E-state index in [9.17, 15) is 14.7 Å². The molecular formula is C34H43N3O5. The number of rotatable bonds is 13. The Kier molecular flexibility index (Phi) is 10.7. The van der Waals surface area contributed by atoms with E-state index in [0.29, 0.717) is 19.6 Å². The first-order valence-corrected chi connectivity index (χ1v) is 14.6. The van der Waals surface area contributed by atoms with Gasteiger partial charge in [-0.3, -0.25) is 9.59 Å². The van der Waals surface area contributed by atoms with Crippen molar-refractivity contribution in [3.8, 4) is 11.3 Å². The van der Waals surface area contributed by atoms with Gasteiger partial charge in [-0.25, -0.2) is 0 Å². The quantitative estimate of drug-likeness (QED) is 0.260. The molecule has 1 fully saturated rings. The number of nitrogens with zero attached hydrogens (tertiary/aromatic N) is 1. The Morgan fingerprint density at radius 1 is 1.14 bits per heavy atom. The predicted octanol–water partition coefficient (Wildman–Crippen LogP) is 4.47. The van der Waals surface area contributed by atoms with Crippen LogP contribution in [-0.2, 0) is 27.4 Å². The highest BCUT2D eigenvalue weighted by Crippen LogP contribution is 2.29. The van der Waals surface area contributed by atoms with Crippen molar-refractivity contribution >= 4 is 11.8 Å². The maximum absolute atomic E-state index is 13.9. The van der Waals surface area contributed by atoms with Gasteiger partial charge >= 0.3 is 0 Å². The minimum atomic E-state index is -0.880. The fourth-order valence-corrected chi connectivity index (χ4v) is 5.26. The second kappa shape index (κ2) is 14.4. The lowest BCUT2D eigenvalue weighted by Crippen LogP contribution is -2.57. The van der Waals surface area contributed by atoms with Crippen LogP contribution in [0.3, 0.4) is 0 Å². The molecule has 0 saturated carbocycles. The van der Waals surface area contributed by atoms with E-state index >= 15 is 0 Å². The fourth-order valence-electron chi connectivity index (χ4n) is 5.26. The third-order valence-corrected chi connectivity index (χ3v) is 7.81. The molecule has 1 aliphatic heterocycles. The molecule has 5 atom stereocenters. The van der Waals surface area contributed by atoms with Crippen LogP contribution < -0.4 is 11.1 Å². The van der Waals surface area contributed by atoms with Crippen molar-refractivity contribution in [1.29, 1.82) is 0 Å². The highest BCUT2D eigenvalue weighted by atomic mass is 16.5. The molecule has 42 heavy (non-hydrogen) atoms. The number of hydrogen-bond donors (Lipinski definition) is 3. The summed E-state index contributed by atoms with van der Waals surface area (Å²) in [5, 5.41) is 13.2. The smallest absolute Gasteiger partial charge is 0.248 e. The van der Waals surface area contributed by atoms with Crippen LogP contribution in [0.15, 0.2) is 89.6 Å². The van der Waals surface area contributed by atoms with Gasteiger partial charge in [-0.05, 0) is 62.4 Å². The molecule has 8 heteroatoms. The first kappa shape index (κ1) is 31.2. The van der Waals surface area contributed by atoms with E-state index < -0.39 is 29.5 Å². The summed E-state index contributed by atoms with van der Waals surface area (Å²) in [5.41, 5.74) is 8.33. The minimum absolute atomic E-state index is 0.0490. The summed E-state index contributed by atoms with van der Waals surface area (Å²) in [4.78, 5) is 28.3. The Hall–Kier alpha value is -3.72. The van der Waals surface area contributed by atoms with E-state index in [-0.39, 0.29) is 18.6 Å². The topological polar surface area (TPSA) is 118 Å². The maximum atomic E-state index is 13.9. The highest BCUT2D eigenvalue weighted by Gasteiger charge is 2.37. The summed E-state index contributed by atoms with van der Waals surface area (Å²) in [6.45, 7) is 6.24. The number of nitrogens with two attached hydrogens (primary N) is 1. The van der Waals surface area contributed by atoms with Crippen LogP contribution in [0.25, 0.3) is 11.3 Å². The van der Waals surface area contributed by atoms with Crippen LogP contribution in [-0.4, -0.2) is 59.2 Å². The van der Waals surface area contributed by atoms with Crippen molar-refractivity contribution in [2.45, 2.75) is 70.9 Å². The van der Waals surface area contributed by atoms with Gasteiger partial charge in [-0.15, -0.1) is 0 Å². The number of furan rings is 1. The maximum Gasteiger partial charge on any atom is 0.248 e. The van der Waals surface area contributed by atoms with Crippen LogP contribution in [0.4, 0.5) is 0 Å². The second-order valence-corrected chi connectivity index (χ2v) is 11.5. The van der Waals surface area contributed by atoms with E-state index in [1.165, 1.54) is 0 Å². The first-order valence-electron chi connectivity index (χ1n) is 14.6. The fraction of sp³-hybridized carbons (Fsp3) is 0.412. The van der Waals surface area contributed by atoms with E-state index in [0.717, 1.165) is 35.3 Å². The van der Waals surface area contributed by atoms with Crippen LogP contribution in [0.1, 0.15) is 44.7 Å². The van der Waals surface area contributed by atoms with Gasteiger partial charge in [0.05, 0.1) is 37.7 Å². The molecule has 8 nitrogen and oxygen atoms in total. The molecule has 2 heterocycles. The lowest BCUT2D eigenvalue weighted by atomic mass is 9.83. The summed E-state index contributed by atoms with van der Waals surface area (Å²) in [6.07, 6.45) is 7.38. The average Bonchev–Trinajstić information content (AvgIpc) is 3.71. The van der Waals surface area contributed by atoms with Gasteiger partial charge in [0.15, 0.2) is 0 Å². The third-order valence-electron chi connectivity index (χ3n) is 7.81. The van der Waals surface area contributed by atoms with Crippen LogP contribution in [0.5, 0.6) is 0 Å². The molecule has 1 aliphatic rings. The SMILES string of the molecule is C[C@H](N)C(=O)N[C@H](C(=O)N1CCC[C@H]1C=C[C@](C)(CO)Cc1cccc(-c2ccco2)c1)[C@@H](C)OCc1ccccc1. The molecule has 0 unspecified atom stereocenters. The molecule has 4 rings (SSSR count). The molecule has 224 valence electrons. The summed E-state index contributed by atoms with van der Waals surface area (Å²) in [7, 11) is 0. The van der Waals surface area contributed by atoms with Crippen LogP contribution >= 0.6 is 0 Å². The summed E-state index contributed by atoms with van der Waals surface area (Å²) < 4.78 is 11.6. The Balaban J connectivity index is 1.47. The summed E-state index contributed by atoms with van der Waals surface area (Å²) in [6, 6.07) is 19.8. The number of carbonyl (C=O) groups is 2. The largest absolute Gasteiger partial charge is 0.464 e. The molecule has 0 spiro atoms. The summed E-state index contributed by atoms with van der Waals surface area (Å²) >= 11 is 0. The Morgan fingerprint density at radius 2 is 1.90 bits per heavy atom. The minimum Gasteiger partial charge on any atom is -0.464 e. The lowest BCUT2D eigenvalue weighted by Gasteiger charge is -2.32. The lowest BCUT2D eigenvalue weighted by molar-refractivity contribution is -0.141. The van der Waals surface area contributed by atoms with E-state index in [1.54, 1.807) is 25.0 Å². The number of carbonyl (C=O) groups excluding carboxylic acids is 2. The predicted molar refractivity (Wildman–Crippen MR) is 163 cm³/mol. The Morgan fingerprint density at radius 3 is 2.60 bits per heavy atom. The number of likely N-dealkylation sites (tertiary alicyclic amines) is 1. The third kappa shape index (κ3) is 8.18. The standard InChI is InChI=1S/C34H43N3O5/c1-24(35)32(39)36-31(25(2)42-22-26-10-5-4-6-11-26)33(40)37-18-8-14-29(37)16-17-34(3,23-38)21-27-12-7-13-28(20-27)30-15-9-19-41-30/h4-7,9-13,15-17,19-20,24-25,29,31,38H,8,14,18,21-23,35H2,1-3H3,(H,36,39)/t24-,25+,29-,31-,34-/m0/s1. The molecule has 2 aromatic carbocycles. The molecule has 0 bridgehead atoms. The van der Waals surface area contributed by atoms with Gasteiger partial charge in [0.2, 0.25) is 11.8 Å². The number of aliphatic hydroxyl groups is 1. The number of benzene rings is 2. The van der Waals surface area contributed by atoms with Gasteiger partial charge in [0.25, 0.3) is 0 Å². The average molecular weight is 574 g/mol. The van der Waals surface area contributed by atoms with E-state index in [2.05, 4.69) is 11.4 Å². The zero-order valence-corrected chi connectivity index (χ0v) is 24.7. The van der Waals surface area contributed by atoms with Gasteiger partial charge in [0.1, 0.15) is 11.8 Å². The van der Waals surface area contributed by atoms with Crippen molar-refractivity contribution in [1.82, 2.24) is 10.2 Å². The number of amides is 2. The monoisotopic (exact) mass is 573 g/mol. The van der Waals surface area contributed by atoms with Crippen molar-refractivity contribution in [3.63, 3.8) is 0 Å². The van der Waals surface area contributed by atoms with Crippen molar-refractivity contribution in [3.05, 3.63) is 96.3 Å². The molecule has 0 aliphatic carbocycles. The van der Waals surface area contributed by atoms with E-state index in [1.807, 2.05) is 79.7 Å². The molecular weight excluding hydrogens is 530 g/mol. The van der Waals surface area contributed by atoms with Crippen molar-refractivity contribution in [2.24, 2.45) is 11.1 Å². The molecule has 2 amide bonds. The second-order valence-electron chi connectivity index (χ2n) is 11.5. The molecule has 1 aromatic heterocycles. The van der Waals surface area contributed by atoms with Crippen LogP contribution in [0, 0.1) is 5.41 Å². The zero-order chi connectivity index (χ0) is 30.1. The van der Waals surface area contributed by atoms with Gasteiger partial charge in [0, 0.05) is 17.5 Å². The number of nitrogens with one attached hydrogen (secondary N) is 1. The molecule has 4 N–H and O–H groups in total. The molecule has 1 saturated heterocycles. The number of ether oxygens (including phenoxy) is 1. The Labute approximate surface area is 248 Å². The van der Waals surface area contributed by atoms with Crippen molar-refractivity contribution in [2.75, 3.05) is 13.2 Å². The molecule has 0 radical (unpaired) electrons. The van der Waals surface area contributed by atoms with Gasteiger partial charge in [-0.2, -0.15) is 0 Å². The van der Waals surface area contributed by atoms with E-state index in [4.69, 9.17) is 14.9 Å². The van der Waals surface area contributed by atoms with Gasteiger partial charge < -0.3 is 30.2 Å². The number of aliphatic hydroxyl groups excluding tert-OH is 1. The molecule has 3 aromatic rings. The Bertz CT molecular complexity index is 1320. The highest BCUT2D eigenvalue weighted by molar-refractivity contribution is 5.90. The van der Waals surface area contributed by atoms with Gasteiger partial charge in [-0.1, -0.05) is 67.6 Å². The number of hydrogen-bond acceptors (Lipinski definition) is 6. The summed E-state index contributed by atoms with van der Waals surface area (Å²) in [5.74, 6) is 0.193.